The maximum absolute atomic E-state index is 12.8. The van der Waals surface area contributed by atoms with Crippen molar-refractivity contribution in [2.24, 2.45) is 0 Å². The lowest BCUT2D eigenvalue weighted by Gasteiger charge is -2.25. The molecule has 1 aromatic rings. The van der Waals surface area contributed by atoms with Crippen LogP contribution in [0, 0.1) is 0 Å². The summed E-state index contributed by atoms with van der Waals surface area (Å²) in [5.74, 6) is -0.981. The Bertz CT molecular complexity index is 681. The number of unbranched alkanes of at least 4 members (excludes halogenated alkanes) is 1. The van der Waals surface area contributed by atoms with E-state index in [1.54, 1.807) is 32.9 Å². The van der Waals surface area contributed by atoms with Crippen LogP contribution < -0.4 is 10.6 Å². The molecule has 29 heavy (non-hydrogen) atoms. The van der Waals surface area contributed by atoms with Gasteiger partial charge in [-0.05, 0) is 44.9 Å². The highest BCUT2D eigenvalue weighted by Gasteiger charge is 2.28. The predicted molar refractivity (Wildman–Crippen MR) is 108 cm³/mol. The number of benzene rings is 1. The van der Waals surface area contributed by atoms with E-state index in [0.29, 0.717) is 6.42 Å². The second-order valence-electron chi connectivity index (χ2n) is 7.80. The number of esters is 1. The van der Waals surface area contributed by atoms with Crippen LogP contribution in [0.3, 0.4) is 0 Å². The third-order valence-electron chi connectivity index (χ3n) is 4.03. The lowest BCUT2D eigenvalue weighted by molar-refractivity contribution is -0.145. The number of aromatic hydroxyl groups is 1. The SMILES string of the molecule is CCCC[C@H](NC(=O)OC(C)(C)C)C(=O)N[C@@H](Cc1ccc(O)cc1)C(=O)OC. The summed E-state index contributed by atoms with van der Waals surface area (Å²) < 4.78 is 10.0. The zero-order chi connectivity index (χ0) is 22.0. The Balaban J connectivity index is 2.88. The number of phenols is 1. The molecule has 0 saturated carbocycles. The molecule has 0 heterocycles. The van der Waals surface area contributed by atoms with E-state index in [2.05, 4.69) is 10.6 Å². The second-order valence-corrected chi connectivity index (χ2v) is 7.80. The van der Waals surface area contributed by atoms with E-state index in [0.717, 1.165) is 18.4 Å². The van der Waals surface area contributed by atoms with E-state index < -0.39 is 35.7 Å². The van der Waals surface area contributed by atoms with Gasteiger partial charge in [-0.3, -0.25) is 4.79 Å². The molecule has 1 rings (SSSR count). The molecule has 8 heteroatoms. The molecular weight excluding hydrogens is 376 g/mol. The molecule has 0 radical (unpaired) electrons. The fourth-order valence-electron chi connectivity index (χ4n) is 2.60. The van der Waals surface area contributed by atoms with E-state index in [1.165, 1.54) is 19.2 Å². The van der Waals surface area contributed by atoms with Crippen LogP contribution in [0.1, 0.15) is 52.5 Å². The van der Waals surface area contributed by atoms with Crippen LogP contribution in [0.4, 0.5) is 4.79 Å². The minimum atomic E-state index is -0.929. The number of carbonyl (C=O) groups is 3. The van der Waals surface area contributed by atoms with Gasteiger partial charge in [0.25, 0.3) is 0 Å². The van der Waals surface area contributed by atoms with Crippen molar-refractivity contribution in [2.45, 2.75) is 71.1 Å². The van der Waals surface area contributed by atoms with E-state index in [-0.39, 0.29) is 12.2 Å². The number of rotatable bonds is 9. The number of amides is 2. The van der Waals surface area contributed by atoms with Gasteiger partial charge in [-0.1, -0.05) is 31.9 Å². The number of hydrogen-bond donors (Lipinski definition) is 3. The molecule has 0 aliphatic heterocycles. The first-order valence-electron chi connectivity index (χ1n) is 9.71. The molecule has 0 saturated heterocycles. The summed E-state index contributed by atoms with van der Waals surface area (Å²) in [6, 6.07) is 4.55. The minimum Gasteiger partial charge on any atom is -0.508 e. The van der Waals surface area contributed by atoms with Crippen LogP contribution >= 0.6 is 0 Å². The van der Waals surface area contributed by atoms with E-state index in [4.69, 9.17) is 9.47 Å². The third-order valence-corrected chi connectivity index (χ3v) is 4.03. The van der Waals surface area contributed by atoms with Crippen LogP contribution in [0.2, 0.25) is 0 Å². The van der Waals surface area contributed by atoms with E-state index in [1.807, 2.05) is 6.92 Å². The van der Waals surface area contributed by atoms with Crippen LogP contribution in [-0.2, 0) is 25.5 Å². The molecule has 0 aromatic heterocycles. The Labute approximate surface area is 172 Å². The molecule has 3 N–H and O–H groups in total. The van der Waals surface area contributed by atoms with Crippen molar-refractivity contribution in [3.05, 3.63) is 29.8 Å². The van der Waals surface area contributed by atoms with Gasteiger partial charge in [0.2, 0.25) is 5.91 Å². The zero-order valence-electron chi connectivity index (χ0n) is 17.8. The highest BCUT2D eigenvalue weighted by atomic mass is 16.6. The highest BCUT2D eigenvalue weighted by Crippen LogP contribution is 2.13. The van der Waals surface area contributed by atoms with Gasteiger partial charge in [-0.25, -0.2) is 9.59 Å². The Morgan fingerprint density at radius 2 is 1.69 bits per heavy atom. The summed E-state index contributed by atoms with van der Waals surface area (Å²) in [5, 5.41) is 14.6. The number of alkyl carbamates (subject to hydrolysis) is 1. The lowest BCUT2D eigenvalue weighted by atomic mass is 10.0. The number of nitrogens with one attached hydrogen (secondary N) is 2. The molecule has 8 nitrogen and oxygen atoms in total. The monoisotopic (exact) mass is 408 g/mol. The van der Waals surface area contributed by atoms with Crippen molar-refractivity contribution >= 4 is 18.0 Å². The number of hydrogen-bond acceptors (Lipinski definition) is 6. The maximum atomic E-state index is 12.8. The van der Waals surface area contributed by atoms with E-state index >= 15 is 0 Å². The summed E-state index contributed by atoms with van der Waals surface area (Å²) in [5.41, 5.74) is 0.0484. The largest absolute Gasteiger partial charge is 0.508 e. The normalized spacial score (nSPS) is 13.1. The van der Waals surface area contributed by atoms with Crippen molar-refractivity contribution in [3.8, 4) is 5.75 Å². The van der Waals surface area contributed by atoms with Crippen molar-refractivity contribution in [1.29, 1.82) is 0 Å². The molecule has 0 aliphatic rings. The van der Waals surface area contributed by atoms with Gasteiger partial charge in [0, 0.05) is 6.42 Å². The van der Waals surface area contributed by atoms with Gasteiger partial charge in [0.15, 0.2) is 0 Å². The van der Waals surface area contributed by atoms with Crippen molar-refractivity contribution in [3.63, 3.8) is 0 Å². The predicted octanol–water partition coefficient (Wildman–Crippen LogP) is 2.68. The van der Waals surface area contributed by atoms with Crippen LogP contribution in [0.15, 0.2) is 24.3 Å². The summed E-state index contributed by atoms with van der Waals surface area (Å²) >= 11 is 0. The first-order chi connectivity index (χ1) is 13.6. The Hall–Kier alpha value is -2.77. The smallest absolute Gasteiger partial charge is 0.408 e. The summed E-state index contributed by atoms with van der Waals surface area (Å²) in [6.45, 7) is 7.18. The molecule has 0 spiro atoms. The van der Waals surface area contributed by atoms with Gasteiger partial charge in [-0.2, -0.15) is 0 Å². The standard InChI is InChI=1S/C21H32N2O6/c1-6-7-8-16(23-20(27)29-21(2,3)4)18(25)22-17(19(26)28-5)13-14-9-11-15(24)12-10-14/h9-12,16-17,24H,6-8,13H2,1-5H3,(H,22,25)(H,23,27)/t16-,17-/m0/s1. The number of ether oxygens (including phenoxy) is 2. The molecule has 1 aromatic carbocycles. The van der Waals surface area contributed by atoms with Crippen molar-refractivity contribution in [1.82, 2.24) is 10.6 Å². The quantitative estimate of drug-likeness (QED) is 0.541. The van der Waals surface area contributed by atoms with Crippen LogP contribution in [-0.4, -0.2) is 47.9 Å². The topological polar surface area (TPSA) is 114 Å². The Kier molecular flexibility index (Phi) is 9.44. The summed E-state index contributed by atoms with van der Waals surface area (Å²) in [4.78, 5) is 37.1. The average Bonchev–Trinajstić information content (AvgIpc) is 2.64. The first-order valence-corrected chi connectivity index (χ1v) is 9.71. The minimum absolute atomic E-state index is 0.105. The lowest BCUT2D eigenvalue weighted by Crippen LogP contribution is -2.53. The molecule has 2 atom stereocenters. The first kappa shape index (κ1) is 24.3. The number of methoxy groups -OCH3 is 1. The summed E-state index contributed by atoms with van der Waals surface area (Å²) in [6.07, 6.45) is 1.46. The Morgan fingerprint density at radius 1 is 1.07 bits per heavy atom. The van der Waals surface area contributed by atoms with Gasteiger partial charge >= 0.3 is 12.1 Å². The van der Waals surface area contributed by atoms with Crippen LogP contribution in [0.5, 0.6) is 5.75 Å². The molecule has 0 bridgehead atoms. The van der Waals surface area contributed by atoms with Gasteiger partial charge in [0.05, 0.1) is 7.11 Å². The number of carbonyl (C=O) groups excluding carboxylic acids is 3. The third kappa shape index (κ3) is 9.32. The molecular formula is C21H32N2O6. The average molecular weight is 408 g/mol. The maximum Gasteiger partial charge on any atom is 0.408 e. The van der Waals surface area contributed by atoms with Crippen LogP contribution in [0.25, 0.3) is 0 Å². The molecule has 162 valence electrons. The molecule has 0 fully saturated rings. The highest BCUT2D eigenvalue weighted by molar-refractivity contribution is 5.89. The van der Waals surface area contributed by atoms with Gasteiger partial charge in [-0.15, -0.1) is 0 Å². The van der Waals surface area contributed by atoms with Crippen molar-refractivity contribution < 1.29 is 29.0 Å². The van der Waals surface area contributed by atoms with Gasteiger partial charge < -0.3 is 25.2 Å². The van der Waals surface area contributed by atoms with Gasteiger partial charge in [0.1, 0.15) is 23.4 Å². The molecule has 0 unspecified atom stereocenters. The Morgan fingerprint density at radius 3 is 2.21 bits per heavy atom. The second kappa shape index (κ2) is 11.3. The summed E-state index contributed by atoms with van der Waals surface area (Å²) in [7, 11) is 1.24. The zero-order valence-corrected chi connectivity index (χ0v) is 17.8. The molecule has 2 amide bonds. The number of phenolic OH excluding ortho intramolecular Hbond substituents is 1. The van der Waals surface area contributed by atoms with Crippen molar-refractivity contribution in [2.75, 3.05) is 7.11 Å². The van der Waals surface area contributed by atoms with E-state index in [9.17, 15) is 19.5 Å². The molecule has 0 aliphatic carbocycles. The fraction of sp³-hybridized carbons (Fsp3) is 0.571. The fourth-order valence-corrected chi connectivity index (χ4v) is 2.60.